The number of fused-ring (bicyclic) bond motifs is 2. The fourth-order valence-corrected chi connectivity index (χ4v) is 5.27. The fraction of sp³-hybridized carbons (Fsp3) is 0.167. The molecule has 9 heteroatoms. The van der Waals surface area contributed by atoms with Crippen LogP contribution in [-0.4, -0.2) is 49.1 Å². The lowest BCUT2D eigenvalue weighted by Crippen LogP contribution is -2.29. The van der Waals surface area contributed by atoms with Crippen molar-refractivity contribution in [1.82, 2.24) is 30.1 Å². The Kier molecular flexibility index (Phi) is 5.73. The monoisotopic (exact) mass is 514 g/mol. The third-order valence-corrected chi connectivity index (χ3v) is 7.25. The van der Waals surface area contributed by atoms with Gasteiger partial charge in [0.15, 0.2) is 0 Å². The summed E-state index contributed by atoms with van der Waals surface area (Å²) >= 11 is 0. The summed E-state index contributed by atoms with van der Waals surface area (Å²) in [6.45, 7) is 2.11. The molecule has 7 rings (SSSR count). The van der Waals surface area contributed by atoms with Crippen LogP contribution in [0.1, 0.15) is 29.6 Å². The summed E-state index contributed by atoms with van der Waals surface area (Å²) in [4.78, 5) is 32.0. The van der Waals surface area contributed by atoms with Gasteiger partial charge in [-0.3, -0.25) is 24.8 Å². The number of aromatic nitrogens is 6. The van der Waals surface area contributed by atoms with Crippen molar-refractivity contribution in [2.24, 2.45) is 0 Å². The Morgan fingerprint density at radius 1 is 0.846 bits per heavy atom. The predicted molar refractivity (Wildman–Crippen MR) is 153 cm³/mol. The van der Waals surface area contributed by atoms with E-state index in [0.29, 0.717) is 11.3 Å². The van der Waals surface area contributed by atoms with E-state index in [2.05, 4.69) is 46.4 Å². The second kappa shape index (κ2) is 9.68. The highest BCUT2D eigenvalue weighted by Crippen LogP contribution is 2.34. The summed E-state index contributed by atoms with van der Waals surface area (Å²) in [6.07, 6.45) is 12.7. The van der Waals surface area contributed by atoms with E-state index < -0.39 is 0 Å². The molecule has 5 aromatic heterocycles. The van der Waals surface area contributed by atoms with Crippen LogP contribution in [0.5, 0.6) is 0 Å². The van der Waals surface area contributed by atoms with Crippen molar-refractivity contribution in [3.63, 3.8) is 0 Å². The quantitative estimate of drug-likeness (QED) is 0.268. The van der Waals surface area contributed by atoms with Gasteiger partial charge in [-0.15, -0.1) is 0 Å². The number of rotatable bonds is 5. The topological polar surface area (TPSA) is 115 Å². The maximum atomic E-state index is 12.6. The molecule has 0 atom stereocenters. The zero-order chi connectivity index (χ0) is 26.2. The third kappa shape index (κ3) is 4.37. The number of nitrogens with one attached hydrogen (secondary N) is 3. The Bertz CT molecular complexity index is 1800. The van der Waals surface area contributed by atoms with E-state index in [1.165, 1.54) is 19.3 Å². The van der Waals surface area contributed by atoms with E-state index in [-0.39, 0.29) is 5.91 Å². The van der Waals surface area contributed by atoms with Gasteiger partial charge < -0.3 is 15.2 Å². The van der Waals surface area contributed by atoms with Gasteiger partial charge in [0.05, 0.1) is 58.6 Å². The lowest BCUT2D eigenvalue weighted by molar-refractivity contribution is 0.102. The molecule has 0 aliphatic carbocycles. The highest BCUT2D eigenvalue weighted by Gasteiger charge is 2.18. The molecule has 1 saturated heterocycles. The van der Waals surface area contributed by atoms with E-state index in [9.17, 15) is 4.79 Å². The molecule has 1 amide bonds. The van der Waals surface area contributed by atoms with Gasteiger partial charge >= 0.3 is 0 Å². The fourth-order valence-electron chi connectivity index (χ4n) is 5.27. The van der Waals surface area contributed by atoms with Crippen LogP contribution in [0.3, 0.4) is 0 Å². The summed E-state index contributed by atoms with van der Waals surface area (Å²) < 4.78 is 0. The number of benzene rings is 1. The van der Waals surface area contributed by atoms with Gasteiger partial charge in [-0.05, 0) is 49.6 Å². The Morgan fingerprint density at radius 3 is 2.56 bits per heavy atom. The molecule has 9 nitrogen and oxygen atoms in total. The van der Waals surface area contributed by atoms with Crippen molar-refractivity contribution in [2.45, 2.75) is 19.3 Å². The maximum Gasteiger partial charge on any atom is 0.255 e. The van der Waals surface area contributed by atoms with Gasteiger partial charge in [0.2, 0.25) is 0 Å². The molecule has 0 unspecified atom stereocenters. The largest absolute Gasteiger partial charge is 0.370 e. The summed E-state index contributed by atoms with van der Waals surface area (Å²) in [6, 6.07) is 15.1. The highest BCUT2D eigenvalue weighted by atomic mass is 16.1. The van der Waals surface area contributed by atoms with Crippen molar-refractivity contribution in [2.75, 3.05) is 23.3 Å². The number of anilines is 2. The SMILES string of the molecule is O=C(Nc1cncc(-c2cc3c(-c4cc5c(N6CCCCC6)cncc5[nH]4)n[nH]c3cn2)c1)c1ccccc1. The van der Waals surface area contributed by atoms with Crippen LogP contribution >= 0.6 is 0 Å². The number of hydrogen-bond acceptors (Lipinski definition) is 6. The van der Waals surface area contributed by atoms with Crippen LogP contribution in [0.2, 0.25) is 0 Å². The molecular formula is C30H26N8O. The van der Waals surface area contributed by atoms with E-state index in [1.807, 2.05) is 42.7 Å². The molecule has 192 valence electrons. The Labute approximate surface area is 224 Å². The Morgan fingerprint density at radius 2 is 1.69 bits per heavy atom. The number of H-pyrrole nitrogens is 2. The smallest absolute Gasteiger partial charge is 0.255 e. The first-order valence-corrected chi connectivity index (χ1v) is 13.1. The summed E-state index contributed by atoms with van der Waals surface area (Å²) in [5, 5.41) is 12.8. The van der Waals surface area contributed by atoms with Crippen molar-refractivity contribution in [3.8, 4) is 22.6 Å². The molecule has 0 spiro atoms. The number of aromatic amines is 2. The third-order valence-electron chi connectivity index (χ3n) is 7.25. The molecule has 1 aliphatic heterocycles. The highest BCUT2D eigenvalue weighted by molar-refractivity contribution is 6.04. The molecule has 0 saturated carbocycles. The minimum atomic E-state index is -0.188. The molecule has 3 N–H and O–H groups in total. The van der Waals surface area contributed by atoms with Crippen LogP contribution in [0.4, 0.5) is 11.4 Å². The zero-order valence-electron chi connectivity index (χ0n) is 21.2. The first-order chi connectivity index (χ1) is 19.2. The zero-order valence-corrected chi connectivity index (χ0v) is 21.2. The van der Waals surface area contributed by atoms with Crippen LogP contribution < -0.4 is 10.2 Å². The summed E-state index contributed by atoms with van der Waals surface area (Å²) in [5.74, 6) is -0.188. The summed E-state index contributed by atoms with van der Waals surface area (Å²) in [5.41, 5.74) is 7.44. The van der Waals surface area contributed by atoms with Gasteiger partial charge in [0.1, 0.15) is 5.69 Å². The van der Waals surface area contributed by atoms with Gasteiger partial charge in [-0.25, -0.2) is 0 Å². The van der Waals surface area contributed by atoms with Crippen molar-refractivity contribution >= 4 is 39.1 Å². The molecule has 1 aliphatic rings. The lowest BCUT2D eigenvalue weighted by atomic mass is 10.1. The molecule has 0 radical (unpaired) electrons. The number of nitrogens with zero attached hydrogens (tertiary/aromatic N) is 5. The number of amides is 1. The molecule has 6 aromatic rings. The maximum absolute atomic E-state index is 12.6. The van der Waals surface area contributed by atoms with Crippen molar-refractivity contribution in [1.29, 1.82) is 0 Å². The van der Waals surface area contributed by atoms with Crippen LogP contribution in [0.25, 0.3) is 44.5 Å². The Balaban J connectivity index is 1.22. The standard InChI is InChI=1S/C30H26N8O/c39-30(19-7-3-1-4-8-19)34-21-11-20(14-31-15-21)24-13-23-27(17-33-24)36-37-29(23)25-12-22-26(35-25)16-32-18-28(22)38-9-5-2-6-10-38/h1,3-4,7-8,11-18,35H,2,5-6,9-10H2,(H,34,39)(H,36,37). The lowest BCUT2D eigenvalue weighted by Gasteiger charge is -2.28. The number of carbonyl (C=O) groups is 1. The number of carbonyl (C=O) groups excluding carboxylic acids is 1. The van der Waals surface area contributed by atoms with Gasteiger partial charge in [-0.2, -0.15) is 5.10 Å². The molecular weight excluding hydrogens is 488 g/mol. The molecule has 1 fully saturated rings. The number of hydrogen-bond donors (Lipinski definition) is 3. The predicted octanol–water partition coefficient (Wildman–Crippen LogP) is 5.81. The molecule has 6 heterocycles. The molecule has 39 heavy (non-hydrogen) atoms. The van der Waals surface area contributed by atoms with Crippen molar-refractivity contribution in [3.05, 3.63) is 85.1 Å². The Hall–Kier alpha value is -5.05. The normalized spacial score (nSPS) is 13.7. The van der Waals surface area contributed by atoms with E-state index in [0.717, 1.165) is 63.2 Å². The second-order valence-corrected chi connectivity index (χ2v) is 9.82. The van der Waals surface area contributed by atoms with Crippen LogP contribution in [0.15, 0.2) is 79.5 Å². The molecule has 0 bridgehead atoms. The minimum Gasteiger partial charge on any atom is -0.370 e. The van der Waals surface area contributed by atoms with Gasteiger partial charge in [0, 0.05) is 41.2 Å². The molecule has 1 aromatic carbocycles. The second-order valence-electron chi connectivity index (χ2n) is 9.82. The van der Waals surface area contributed by atoms with E-state index in [1.54, 1.807) is 30.7 Å². The average Bonchev–Trinajstić information content (AvgIpc) is 3.62. The average molecular weight is 515 g/mol. The van der Waals surface area contributed by atoms with E-state index in [4.69, 9.17) is 0 Å². The van der Waals surface area contributed by atoms with E-state index >= 15 is 0 Å². The van der Waals surface area contributed by atoms with Crippen LogP contribution in [-0.2, 0) is 0 Å². The number of pyridine rings is 3. The first-order valence-electron chi connectivity index (χ1n) is 13.1. The van der Waals surface area contributed by atoms with Gasteiger partial charge in [0.25, 0.3) is 5.91 Å². The number of piperidine rings is 1. The van der Waals surface area contributed by atoms with Gasteiger partial charge in [-0.1, -0.05) is 18.2 Å². The summed E-state index contributed by atoms with van der Waals surface area (Å²) in [7, 11) is 0. The van der Waals surface area contributed by atoms with Crippen molar-refractivity contribution < 1.29 is 4.79 Å². The minimum absolute atomic E-state index is 0.188. The van der Waals surface area contributed by atoms with Crippen LogP contribution in [0, 0.1) is 0 Å². The first kappa shape index (κ1) is 23.1.